The average molecular weight is 316 g/mol. The van der Waals surface area contributed by atoms with Crippen LogP contribution in [0, 0.1) is 32.1 Å². The lowest BCUT2D eigenvalue weighted by molar-refractivity contribution is 0.481. The lowest BCUT2D eigenvalue weighted by Gasteiger charge is -2.10. The predicted octanol–water partition coefficient (Wildman–Crippen LogP) is 5.04. The van der Waals surface area contributed by atoms with E-state index in [1.807, 2.05) is 45.0 Å². The lowest BCUT2D eigenvalue weighted by Crippen LogP contribution is -1.90. The summed E-state index contributed by atoms with van der Waals surface area (Å²) in [5.74, 6) is 1.56. The van der Waals surface area contributed by atoms with Crippen molar-refractivity contribution in [3.63, 3.8) is 0 Å². The van der Waals surface area contributed by atoms with Crippen LogP contribution in [0.1, 0.15) is 22.3 Å². The number of aryl methyl sites for hydroxylation is 3. The van der Waals surface area contributed by atoms with E-state index in [2.05, 4.69) is 22.0 Å². The summed E-state index contributed by atoms with van der Waals surface area (Å²) >= 11 is 3.54. The summed E-state index contributed by atoms with van der Waals surface area (Å²) in [4.78, 5) is 0. The third-order valence-corrected chi connectivity index (χ3v) is 4.21. The number of hydrogen-bond acceptors (Lipinski definition) is 2. The molecule has 2 nitrogen and oxygen atoms in total. The number of nitrogens with zero attached hydrogens (tertiary/aromatic N) is 1. The molecule has 0 aliphatic heterocycles. The van der Waals surface area contributed by atoms with Crippen LogP contribution in [-0.2, 0) is 0 Å². The summed E-state index contributed by atoms with van der Waals surface area (Å²) in [6.07, 6.45) is 0. The van der Waals surface area contributed by atoms with Crippen molar-refractivity contribution in [2.75, 3.05) is 0 Å². The highest BCUT2D eigenvalue weighted by atomic mass is 79.9. The molecular weight excluding hydrogens is 302 g/mol. The molecule has 0 radical (unpaired) electrons. The van der Waals surface area contributed by atoms with Crippen molar-refractivity contribution in [3.8, 4) is 17.6 Å². The van der Waals surface area contributed by atoms with Gasteiger partial charge >= 0.3 is 0 Å². The largest absolute Gasteiger partial charge is 0.457 e. The molecule has 0 aliphatic carbocycles. The molecule has 0 N–H and O–H groups in total. The molecule has 0 amide bonds. The van der Waals surface area contributed by atoms with Crippen LogP contribution in [0.15, 0.2) is 34.8 Å². The molecule has 2 aromatic rings. The first-order valence-corrected chi connectivity index (χ1v) is 6.76. The Kier molecular flexibility index (Phi) is 3.92. The monoisotopic (exact) mass is 315 g/mol. The molecule has 0 atom stereocenters. The fraction of sp³-hybridized carbons (Fsp3) is 0.188. The van der Waals surface area contributed by atoms with E-state index in [9.17, 15) is 0 Å². The van der Waals surface area contributed by atoms with E-state index in [1.54, 1.807) is 6.07 Å². The van der Waals surface area contributed by atoms with E-state index in [0.29, 0.717) is 5.56 Å². The second kappa shape index (κ2) is 5.46. The minimum atomic E-state index is 0.676. The lowest BCUT2D eigenvalue weighted by atomic mass is 10.1. The zero-order chi connectivity index (χ0) is 14.0. The van der Waals surface area contributed by atoms with Crippen molar-refractivity contribution in [2.45, 2.75) is 20.8 Å². The Morgan fingerprint density at radius 3 is 2.05 bits per heavy atom. The number of halogens is 1. The van der Waals surface area contributed by atoms with Crippen molar-refractivity contribution < 1.29 is 4.74 Å². The van der Waals surface area contributed by atoms with Gasteiger partial charge in [-0.15, -0.1) is 0 Å². The zero-order valence-corrected chi connectivity index (χ0v) is 12.7. The standard InChI is InChI=1S/C16H14BrNO/c1-10-6-14(5-4-13(10)9-18)19-15-7-11(2)16(17)12(3)8-15/h4-8H,1-3H3. The third kappa shape index (κ3) is 2.97. The Morgan fingerprint density at radius 2 is 1.53 bits per heavy atom. The first-order chi connectivity index (χ1) is 9.01. The van der Waals surface area contributed by atoms with E-state index in [1.165, 1.54) is 0 Å². The van der Waals surface area contributed by atoms with Gasteiger partial charge in [0.25, 0.3) is 0 Å². The molecule has 3 heteroatoms. The number of hydrogen-bond donors (Lipinski definition) is 0. The van der Waals surface area contributed by atoms with Crippen LogP contribution in [0.25, 0.3) is 0 Å². The van der Waals surface area contributed by atoms with E-state index in [4.69, 9.17) is 10.00 Å². The van der Waals surface area contributed by atoms with Gasteiger partial charge in [-0.05, 0) is 67.8 Å². The van der Waals surface area contributed by atoms with Gasteiger partial charge < -0.3 is 4.74 Å². The Hall–Kier alpha value is -1.79. The number of ether oxygens (including phenoxy) is 1. The summed E-state index contributed by atoms with van der Waals surface area (Å²) in [5.41, 5.74) is 3.88. The Morgan fingerprint density at radius 1 is 0.947 bits per heavy atom. The Balaban J connectivity index is 2.32. The molecule has 0 spiro atoms. The van der Waals surface area contributed by atoms with Crippen LogP contribution in [0.2, 0.25) is 0 Å². The molecule has 0 saturated heterocycles. The molecule has 0 bridgehead atoms. The van der Waals surface area contributed by atoms with Crippen molar-refractivity contribution >= 4 is 15.9 Å². The van der Waals surface area contributed by atoms with Gasteiger partial charge in [0, 0.05) is 4.47 Å². The van der Waals surface area contributed by atoms with Gasteiger partial charge in [0.2, 0.25) is 0 Å². The highest BCUT2D eigenvalue weighted by molar-refractivity contribution is 9.10. The zero-order valence-electron chi connectivity index (χ0n) is 11.1. The summed E-state index contributed by atoms with van der Waals surface area (Å²) in [6.45, 7) is 5.98. The second-order valence-corrected chi connectivity index (χ2v) is 5.35. The normalized spacial score (nSPS) is 10.1. The second-order valence-electron chi connectivity index (χ2n) is 4.56. The van der Waals surface area contributed by atoms with Crippen molar-refractivity contribution in [2.24, 2.45) is 0 Å². The summed E-state index contributed by atoms with van der Waals surface area (Å²) in [7, 11) is 0. The van der Waals surface area contributed by atoms with Crippen LogP contribution in [0.5, 0.6) is 11.5 Å². The van der Waals surface area contributed by atoms with Crippen molar-refractivity contribution in [1.82, 2.24) is 0 Å². The van der Waals surface area contributed by atoms with E-state index >= 15 is 0 Å². The average Bonchev–Trinajstić information content (AvgIpc) is 2.36. The molecule has 96 valence electrons. The van der Waals surface area contributed by atoms with Gasteiger partial charge in [-0.1, -0.05) is 15.9 Å². The SMILES string of the molecule is Cc1cc(Oc2cc(C)c(Br)c(C)c2)ccc1C#N. The van der Waals surface area contributed by atoms with E-state index in [-0.39, 0.29) is 0 Å². The van der Waals surface area contributed by atoms with Crippen molar-refractivity contribution in [1.29, 1.82) is 5.26 Å². The first kappa shape index (κ1) is 13.6. The van der Waals surface area contributed by atoms with Crippen LogP contribution < -0.4 is 4.74 Å². The molecule has 19 heavy (non-hydrogen) atoms. The maximum Gasteiger partial charge on any atom is 0.128 e. The highest BCUT2D eigenvalue weighted by Crippen LogP contribution is 2.30. The molecular formula is C16H14BrNO. The molecule has 0 unspecified atom stereocenters. The van der Waals surface area contributed by atoms with E-state index in [0.717, 1.165) is 32.7 Å². The molecule has 2 rings (SSSR count). The van der Waals surface area contributed by atoms with Gasteiger partial charge in [-0.25, -0.2) is 0 Å². The molecule has 2 aromatic carbocycles. The van der Waals surface area contributed by atoms with Crippen LogP contribution in [-0.4, -0.2) is 0 Å². The van der Waals surface area contributed by atoms with Gasteiger partial charge in [0.05, 0.1) is 11.6 Å². The Bertz CT molecular complexity index is 648. The Labute approximate surface area is 121 Å². The quantitative estimate of drug-likeness (QED) is 0.778. The van der Waals surface area contributed by atoms with Gasteiger partial charge in [-0.2, -0.15) is 5.26 Å². The maximum atomic E-state index is 8.91. The molecule has 0 fully saturated rings. The topological polar surface area (TPSA) is 33.0 Å². The first-order valence-electron chi connectivity index (χ1n) is 5.96. The third-order valence-electron chi connectivity index (χ3n) is 2.96. The van der Waals surface area contributed by atoms with Crippen molar-refractivity contribution in [3.05, 3.63) is 57.1 Å². The molecule has 0 aliphatic rings. The van der Waals surface area contributed by atoms with Crippen LogP contribution in [0.3, 0.4) is 0 Å². The van der Waals surface area contributed by atoms with Gasteiger partial charge in [0.1, 0.15) is 11.5 Å². The minimum Gasteiger partial charge on any atom is -0.457 e. The smallest absolute Gasteiger partial charge is 0.128 e. The fourth-order valence-electron chi connectivity index (χ4n) is 1.93. The molecule has 0 aromatic heterocycles. The summed E-state index contributed by atoms with van der Waals surface area (Å²) in [5, 5.41) is 8.91. The molecule has 0 saturated carbocycles. The van der Waals surface area contributed by atoms with Gasteiger partial charge in [-0.3, -0.25) is 0 Å². The number of nitriles is 1. The summed E-state index contributed by atoms with van der Waals surface area (Å²) < 4.78 is 6.95. The fourth-order valence-corrected chi connectivity index (χ4v) is 2.16. The predicted molar refractivity (Wildman–Crippen MR) is 79.6 cm³/mol. The highest BCUT2D eigenvalue weighted by Gasteiger charge is 2.05. The maximum absolute atomic E-state index is 8.91. The number of benzene rings is 2. The number of rotatable bonds is 2. The van der Waals surface area contributed by atoms with E-state index < -0.39 is 0 Å². The summed E-state index contributed by atoms with van der Waals surface area (Å²) in [6, 6.07) is 11.6. The van der Waals surface area contributed by atoms with Gasteiger partial charge in [0.15, 0.2) is 0 Å². The van der Waals surface area contributed by atoms with Crippen LogP contribution >= 0.6 is 15.9 Å². The minimum absolute atomic E-state index is 0.676. The van der Waals surface area contributed by atoms with Crippen LogP contribution in [0.4, 0.5) is 0 Å². The molecule has 0 heterocycles.